The highest BCUT2D eigenvalue weighted by Crippen LogP contribution is 2.32. The van der Waals surface area contributed by atoms with Crippen molar-refractivity contribution in [3.05, 3.63) is 49.8 Å². The zero-order chi connectivity index (χ0) is 18.8. The van der Waals surface area contributed by atoms with Crippen molar-refractivity contribution in [1.29, 1.82) is 0 Å². The smallest absolute Gasteiger partial charge is 0.277 e. The fourth-order valence-electron chi connectivity index (χ4n) is 3.02. The van der Waals surface area contributed by atoms with Crippen LogP contribution in [0.2, 0.25) is 0 Å². The average molecular weight is 422 g/mol. The van der Waals surface area contributed by atoms with Gasteiger partial charge in [0, 0.05) is 30.3 Å². The van der Waals surface area contributed by atoms with Gasteiger partial charge in [0.2, 0.25) is 11.7 Å². The van der Waals surface area contributed by atoms with Crippen LogP contribution in [0, 0.1) is 6.92 Å². The van der Waals surface area contributed by atoms with Crippen LogP contribution in [0.15, 0.2) is 27.6 Å². The van der Waals surface area contributed by atoms with Crippen molar-refractivity contribution in [1.82, 2.24) is 15.1 Å². The SMILES string of the molecule is CCn1[nH]cc(C(=O)c2ccc(Br)c(OC[C@@H]3CCC(=O)N3)c2C)c1=O. The number of halogens is 1. The van der Waals surface area contributed by atoms with Crippen molar-refractivity contribution < 1.29 is 14.3 Å². The van der Waals surface area contributed by atoms with Crippen molar-refractivity contribution in [3.8, 4) is 5.75 Å². The Morgan fingerprint density at radius 3 is 2.73 bits per heavy atom. The molecule has 2 N–H and O–H groups in total. The number of aromatic amines is 1. The molecule has 2 aromatic rings. The van der Waals surface area contributed by atoms with E-state index in [0.29, 0.717) is 36.4 Å². The number of carbonyl (C=O) groups excluding carboxylic acids is 2. The van der Waals surface area contributed by atoms with E-state index in [1.807, 2.05) is 6.92 Å². The molecular formula is C18H20BrN3O4. The van der Waals surface area contributed by atoms with E-state index in [1.165, 1.54) is 10.9 Å². The first-order valence-electron chi connectivity index (χ1n) is 8.46. The maximum Gasteiger partial charge on any atom is 0.277 e. The second-order valence-corrected chi connectivity index (χ2v) is 7.08. The molecule has 1 aliphatic rings. The van der Waals surface area contributed by atoms with Gasteiger partial charge in [0.25, 0.3) is 5.56 Å². The first-order chi connectivity index (χ1) is 12.4. The summed E-state index contributed by atoms with van der Waals surface area (Å²) in [5.41, 5.74) is 0.831. The number of H-pyrrole nitrogens is 1. The van der Waals surface area contributed by atoms with Gasteiger partial charge in [0.1, 0.15) is 17.9 Å². The van der Waals surface area contributed by atoms with Crippen LogP contribution in [-0.2, 0) is 11.3 Å². The van der Waals surface area contributed by atoms with Gasteiger partial charge in [-0.05, 0) is 48.3 Å². The second-order valence-electron chi connectivity index (χ2n) is 6.23. The third kappa shape index (κ3) is 3.46. The molecule has 0 spiro atoms. The predicted octanol–water partition coefficient (Wildman–Crippen LogP) is 2.16. The van der Waals surface area contributed by atoms with E-state index in [2.05, 4.69) is 26.3 Å². The number of hydrogen-bond acceptors (Lipinski definition) is 4. The summed E-state index contributed by atoms with van der Waals surface area (Å²) in [5, 5.41) is 5.64. The first kappa shape index (κ1) is 18.4. The van der Waals surface area contributed by atoms with E-state index in [1.54, 1.807) is 19.1 Å². The Bertz CT molecular complexity index is 916. The lowest BCUT2D eigenvalue weighted by Crippen LogP contribution is -2.31. The molecule has 1 aromatic carbocycles. The maximum absolute atomic E-state index is 12.8. The lowest BCUT2D eigenvalue weighted by Gasteiger charge is -2.16. The van der Waals surface area contributed by atoms with Crippen molar-refractivity contribution >= 4 is 27.6 Å². The van der Waals surface area contributed by atoms with Gasteiger partial charge in [-0.2, -0.15) is 0 Å². The number of rotatable bonds is 6. The number of benzene rings is 1. The number of aryl methyl sites for hydroxylation is 1. The Labute approximate surface area is 158 Å². The number of carbonyl (C=O) groups is 2. The minimum atomic E-state index is -0.345. The summed E-state index contributed by atoms with van der Waals surface area (Å²) < 4.78 is 7.97. The summed E-state index contributed by atoms with van der Waals surface area (Å²) in [7, 11) is 0. The van der Waals surface area contributed by atoms with Gasteiger partial charge in [0.05, 0.1) is 10.5 Å². The van der Waals surface area contributed by atoms with Gasteiger partial charge < -0.3 is 15.2 Å². The van der Waals surface area contributed by atoms with Crippen LogP contribution in [0.5, 0.6) is 5.75 Å². The van der Waals surface area contributed by atoms with Gasteiger partial charge in [0.15, 0.2) is 0 Å². The minimum Gasteiger partial charge on any atom is -0.490 e. The number of hydrogen-bond donors (Lipinski definition) is 2. The Balaban J connectivity index is 1.86. The number of ether oxygens (including phenoxy) is 1. The largest absolute Gasteiger partial charge is 0.490 e. The summed E-state index contributed by atoms with van der Waals surface area (Å²) in [5.74, 6) is 0.226. The Morgan fingerprint density at radius 1 is 1.35 bits per heavy atom. The first-order valence-corrected chi connectivity index (χ1v) is 9.25. The molecule has 0 bridgehead atoms. The summed E-state index contributed by atoms with van der Waals surface area (Å²) in [6, 6.07) is 3.37. The Kier molecular flexibility index (Phi) is 5.31. The summed E-state index contributed by atoms with van der Waals surface area (Å²) >= 11 is 3.44. The average Bonchev–Trinajstić information content (AvgIpc) is 3.19. The fraction of sp³-hybridized carbons (Fsp3) is 0.389. The third-order valence-electron chi connectivity index (χ3n) is 4.52. The van der Waals surface area contributed by atoms with E-state index in [9.17, 15) is 14.4 Å². The van der Waals surface area contributed by atoms with E-state index >= 15 is 0 Å². The zero-order valence-electron chi connectivity index (χ0n) is 14.6. The molecule has 0 unspecified atom stereocenters. The quantitative estimate of drug-likeness (QED) is 0.698. The molecule has 138 valence electrons. The molecule has 8 heteroatoms. The van der Waals surface area contributed by atoms with E-state index in [-0.39, 0.29) is 28.9 Å². The number of amides is 1. The van der Waals surface area contributed by atoms with E-state index in [4.69, 9.17) is 4.74 Å². The molecule has 1 atom stereocenters. The zero-order valence-corrected chi connectivity index (χ0v) is 16.2. The van der Waals surface area contributed by atoms with Gasteiger partial charge in [-0.1, -0.05) is 0 Å². The molecule has 3 rings (SSSR count). The molecular weight excluding hydrogens is 402 g/mol. The lowest BCUT2D eigenvalue weighted by molar-refractivity contribution is -0.119. The molecule has 1 aromatic heterocycles. The highest BCUT2D eigenvalue weighted by atomic mass is 79.9. The van der Waals surface area contributed by atoms with Gasteiger partial charge in [-0.15, -0.1) is 0 Å². The number of ketones is 1. The summed E-state index contributed by atoms with van der Waals surface area (Å²) in [4.78, 5) is 36.4. The standard InChI is InChI=1S/C18H20BrN3O4/c1-3-22-18(25)13(8-20-22)16(24)12-5-6-14(19)17(10(12)2)26-9-11-4-7-15(23)21-11/h5-6,8,11,20H,3-4,7,9H2,1-2H3,(H,21,23)/t11-/m0/s1. The fourth-order valence-corrected chi connectivity index (χ4v) is 3.56. The van der Waals surface area contributed by atoms with Crippen LogP contribution in [0.3, 0.4) is 0 Å². The van der Waals surface area contributed by atoms with E-state index < -0.39 is 0 Å². The molecule has 1 aliphatic heterocycles. The highest BCUT2D eigenvalue weighted by Gasteiger charge is 2.24. The normalized spacial score (nSPS) is 16.6. The van der Waals surface area contributed by atoms with Gasteiger partial charge in [-0.3, -0.25) is 19.1 Å². The van der Waals surface area contributed by atoms with Crippen molar-refractivity contribution in [3.63, 3.8) is 0 Å². The molecule has 1 saturated heterocycles. The van der Waals surface area contributed by atoms with Gasteiger partial charge in [-0.25, -0.2) is 0 Å². The van der Waals surface area contributed by atoms with Crippen LogP contribution >= 0.6 is 15.9 Å². The number of nitrogens with one attached hydrogen (secondary N) is 2. The predicted molar refractivity (Wildman–Crippen MR) is 99.7 cm³/mol. The molecule has 0 aliphatic carbocycles. The summed E-state index contributed by atoms with van der Waals surface area (Å²) in [6.45, 7) is 4.40. The third-order valence-corrected chi connectivity index (χ3v) is 5.14. The van der Waals surface area contributed by atoms with E-state index in [0.717, 1.165) is 10.9 Å². The molecule has 0 radical (unpaired) electrons. The van der Waals surface area contributed by atoms with Crippen LogP contribution < -0.4 is 15.6 Å². The van der Waals surface area contributed by atoms with Crippen LogP contribution in [0.25, 0.3) is 0 Å². The maximum atomic E-state index is 12.8. The number of nitrogens with zero attached hydrogens (tertiary/aromatic N) is 1. The molecule has 1 fully saturated rings. The molecule has 1 amide bonds. The monoisotopic (exact) mass is 421 g/mol. The van der Waals surface area contributed by atoms with Crippen molar-refractivity contribution in [2.24, 2.45) is 0 Å². The van der Waals surface area contributed by atoms with Crippen LogP contribution in [0.1, 0.15) is 41.3 Å². The van der Waals surface area contributed by atoms with Crippen molar-refractivity contribution in [2.75, 3.05) is 6.61 Å². The lowest BCUT2D eigenvalue weighted by atomic mass is 10.0. The molecule has 7 nitrogen and oxygen atoms in total. The second kappa shape index (κ2) is 7.49. The van der Waals surface area contributed by atoms with Crippen molar-refractivity contribution in [2.45, 2.75) is 39.3 Å². The summed E-state index contributed by atoms with van der Waals surface area (Å²) in [6.07, 6.45) is 2.67. The topological polar surface area (TPSA) is 93.2 Å². The van der Waals surface area contributed by atoms with Gasteiger partial charge >= 0.3 is 0 Å². The molecule has 0 saturated carbocycles. The highest BCUT2D eigenvalue weighted by molar-refractivity contribution is 9.10. The number of aromatic nitrogens is 2. The molecule has 2 heterocycles. The minimum absolute atomic E-state index is 0.0259. The van der Waals surface area contributed by atoms with Crippen LogP contribution in [-0.4, -0.2) is 34.1 Å². The Hall–Kier alpha value is -2.35. The molecule has 26 heavy (non-hydrogen) atoms. The Morgan fingerprint density at radius 2 is 2.12 bits per heavy atom. The van der Waals surface area contributed by atoms with Crippen LogP contribution in [0.4, 0.5) is 0 Å².